The van der Waals surface area contributed by atoms with Gasteiger partial charge in [0.2, 0.25) is 0 Å². The first-order valence-corrected chi connectivity index (χ1v) is 8.42. The lowest BCUT2D eigenvalue weighted by molar-refractivity contribution is 0.0748. The molecule has 1 unspecified atom stereocenters. The van der Waals surface area contributed by atoms with Gasteiger partial charge in [-0.05, 0) is 31.0 Å². The van der Waals surface area contributed by atoms with Crippen molar-refractivity contribution in [1.82, 2.24) is 24.6 Å². The average molecular weight is 331 g/mol. The quantitative estimate of drug-likeness (QED) is 0.807. The molecule has 1 saturated heterocycles. The Morgan fingerprint density at radius 3 is 2.75 bits per heavy atom. The van der Waals surface area contributed by atoms with Crippen molar-refractivity contribution in [2.75, 3.05) is 19.6 Å². The van der Waals surface area contributed by atoms with E-state index in [1.807, 2.05) is 42.2 Å². The Bertz CT molecular complexity index is 644. The highest BCUT2D eigenvalue weighted by Crippen LogP contribution is 2.12. The monoisotopic (exact) mass is 331 g/mol. The zero-order valence-electron chi connectivity index (χ0n) is 14.0. The van der Waals surface area contributed by atoms with E-state index in [1.165, 1.54) is 0 Å². The molecule has 1 fully saturated rings. The molecule has 130 valence electrons. The number of hydrogen-bond acceptors (Lipinski definition) is 4. The number of β-amino-alcohol motifs (C(OH)–C–C–N with tert-alkyl or cyclic N) is 1. The third-order valence-electron chi connectivity index (χ3n) is 4.53. The van der Waals surface area contributed by atoms with Crippen LogP contribution in [0, 0.1) is 0 Å². The molecule has 1 atom stereocenters. The maximum Gasteiger partial charge on any atom is 0.268 e. The van der Waals surface area contributed by atoms with E-state index in [0.717, 1.165) is 25.9 Å². The van der Waals surface area contributed by atoms with E-state index in [1.54, 1.807) is 10.9 Å². The molecule has 2 aromatic heterocycles. The average Bonchev–Trinajstić information content (AvgIpc) is 3.20. The second kappa shape index (κ2) is 7.63. The van der Waals surface area contributed by atoms with Crippen molar-refractivity contribution in [1.29, 1.82) is 0 Å². The van der Waals surface area contributed by atoms with Crippen molar-refractivity contribution in [2.45, 2.75) is 31.5 Å². The van der Waals surface area contributed by atoms with Crippen LogP contribution < -0.4 is 5.32 Å². The van der Waals surface area contributed by atoms with Gasteiger partial charge in [-0.1, -0.05) is 0 Å². The predicted molar refractivity (Wildman–Crippen MR) is 90.6 cm³/mol. The fourth-order valence-electron chi connectivity index (χ4n) is 3.20. The molecule has 0 aliphatic carbocycles. The first kappa shape index (κ1) is 16.7. The van der Waals surface area contributed by atoms with Crippen LogP contribution in [-0.2, 0) is 13.6 Å². The zero-order chi connectivity index (χ0) is 16.9. The van der Waals surface area contributed by atoms with Crippen LogP contribution in [0.15, 0.2) is 36.8 Å². The van der Waals surface area contributed by atoms with Crippen LogP contribution in [0.5, 0.6) is 0 Å². The van der Waals surface area contributed by atoms with Crippen LogP contribution in [0.3, 0.4) is 0 Å². The summed E-state index contributed by atoms with van der Waals surface area (Å²) in [7, 11) is 1.87. The molecular formula is C17H25N5O2. The van der Waals surface area contributed by atoms with E-state index >= 15 is 0 Å². The van der Waals surface area contributed by atoms with Crippen LogP contribution in [-0.4, -0.2) is 62.0 Å². The summed E-state index contributed by atoms with van der Waals surface area (Å²) < 4.78 is 3.58. The Balaban J connectivity index is 1.41. The number of nitrogens with zero attached hydrogens (tertiary/aromatic N) is 4. The molecule has 1 amide bonds. The number of aromatic nitrogens is 3. The molecule has 7 nitrogen and oxygen atoms in total. The van der Waals surface area contributed by atoms with E-state index < -0.39 is 6.10 Å². The van der Waals surface area contributed by atoms with Gasteiger partial charge in [0, 0.05) is 51.3 Å². The maximum absolute atomic E-state index is 12.2. The van der Waals surface area contributed by atoms with Gasteiger partial charge in [-0.15, -0.1) is 0 Å². The summed E-state index contributed by atoms with van der Waals surface area (Å²) in [6.45, 7) is 2.91. The summed E-state index contributed by atoms with van der Waals surface area (Å²) in [6.07, 6.45) is 6.83. The Morgan fingerprint density at radius 2 is 2.12 bits per heavy atom. The SMILES string of the molecule is Cn1cccc1C(=O)NC1CCN(CC(O)Cn2cccn2)CC1. The smallest absolute Gasteiger partial charge is 0.268 e. The number of aliphatic hydroxyl groups is 1. The van der Waals surface area contributed by atoms with Crippen LogP contribution in [0.2, 0.25) is 0 Å². The molecule has 0 spiro atoms. The number of piperidine rings is 1. The van der Waals surface area contributed by atoms with E-state index in [4.69, 9.17) is 0 Å². The lowest BCUT2D eigenvalue weighted by Gasteiger charge is -2.33. The molecule has 2 N–H and O–H groups in total. The lowest BCUT2D eigenvalue weighted by atomic mass is 10.0. The van der Waals surface area contributed by atoms with Gasteiger partial charge in [-0.25, -0.2) is 0 Å². The fraction of sp³-hybridized carbons (Fsp3) is 0.529. The molecule has 0 bridgehead atoms. The molecule has 1 aliphatic heterocycles. The van der Waals surface area contributed by atoms with E-state index in [2.05, 4.69) is 15.3 Å². The molecule has 1 aliphatic rings. The van der Waals surface area contributed by atoms with E-state index in [9.17, 15) is 9.90 Å². The number of aryl methyl sites for hydroxylation is 1. The third-order valence-corrected chi connectivity index (χ3v) is 4.53. The number of rotatable bonds is 6. The minimum atomic E-state index is -0.431. The van der Waals surface area contributed by atoms with Crippen LogP contribution >= 0.6 is 0 Å². The second-order valence-corrected chi connectivity index (χ2v) is 6.43. The molecule has 3 heterocycles. The molecule has 2 aromatic rings. The van der Waals surface area contributed by atoms with Gasteiger partial charge in [-0.2, -0.15) is 5.10 Å². The number of nitrogens with one attached hydrogen (secondary N) is 1. The molecule has 0 radical (unpaired) electrons. The highest BCUT2D eigenvalue weighted by atomic mass is 16.3. The number of hydrogen-bond donors (Lipinski definition) is 2. The number of likely N-dealkylation sites (tertiary alicyclic amines) is 1. The van der Waals surface area contributed by atoms with Gasteiger partial charge in [-0.3, -0.25) is 9.48 Å². The third kappa shape index (κ3) is 4.24. The summed E-state index contributed by atoms with van der Waals surface area (Å²) in [5, 5.41) is 17.4. The standard InChI is InChI=1S/C17H25N5O2/c1-20-8-2-4-16(20)17(24)19-14-5-10-21(11-6-14)12-15(23)13-22-9-3-7-18-22/h2-4,7-9,14-15,23H,5-6,10-13H2,1H3,(H,19,24). The van der Waals surface area contributed by atoms with Gasteiger partial charge < -0.3 is 19.9 Å². The Labute approximate surface area is 141 Å². The van der Waals surface area contributed by atoms with Crippen LogP contribution in [0.25, 0.3) is 0 Å². The van der Waals surface area contributed by atoms with Gasteiger partial charge in [0.1, 0.15) is 5.69 Å². The molecule has 24 heavy (non-hydrogen) atoms. The van der Waals surface area contributed by atoms with Gasteiger partial charge in [0.25, 0.3) is 5.91 Å². The first-order chi connectivity index (χ1) is 11.6. The van der Waals surface area contributed by atoms with Gasteiger partial charge in [0.05, 0.1) is 12.6 Å². The summed E-state index contributed by atoms with van der Waals surface area (Å²) in [5.41, 5.74) is 0.687. The number of amides is 1. The fourth-order valence-corrected chi connectivity index (χ4v) is 3.20. The van der Waals surface area contributed by atoms with E-state index in [0.29, 0.717) is 18.8 Å². The normalized spacial score (nSPS) is 17.8. The number of aliphatic hydroxyl groups excluding tert-OH is 1. The zero-order valence-corrected chi connectivity index (χ0v) is 14.0. The molecular weight excluding hydrogens is 306 g/mol. The van der Waals surface area contributed by atoms with Crippen molar-refractivity contribution in [3.63, 3.8) is 0 Å². The van der Waals surface area contributed by atoms with Gasteiger partial charge in [0.15, 0.2) is 0 Å². The number of carbonyl (C=O) groups excluding carboxylic acids is 1. The molecule has 0 aromatic carbocycles. The summed E-state index contributed by atoms with van der Waals surface area (Å²) >= 11 is 0. The van der Waals surface area contributed by atoms with Crippen molar-refractivity contribution in [3.05, 3.63) is 42.5 Å². The van der Waals surface area contributed by atoms with Crippen molar-refractivity contribution in [2.24, 2.45) is 7.05 Å². The van der Waals surface area contributed by atoms with Crippen molar-refractivity contribution >= 4 is 5.91 Å². The summed E-state index contributed by atoms with van der Waals surface area (Å²) in [4.78, 5) is 14.5. The highest BCUT2D eigenvalue weighted by molar-refractivity contribution is 5.92. The predicted octanol–water partition coefficient (Wildman–Crippen LogP) is 0.477. The Morgan fingerprint density at radius 1 is 1.33 bits per heavy atom. The maximum atomic E-state index is 12.2. The second-order valence-electron chi connectivity index (χ2n) is 6.43. The summed E-state index contributed by atoms with van der Waals surface area (Å²) in [6, 6.07) is 5.76. The summed E-state index contributed by atoms with van der Waals surface area (Å²) in [5.74, 6) is -0.0142. The topological polar surface area (TPSA) is 75.3 Å². The largest absolute Gasteiger partial charge is 0.390 e. The van der Waals surface area contributed by atoms with E-state index in [-0.39, 0.29) is 11.9 Å². The van der Waals surface area contributed by atoms with Crippen molar-refractivity contribution < 1.29 is 9.90 Å². The number of carbonyl (C=O) groups is 1. The molecule has 7 heteroatoms. The Hall–Kier alpha value is -2.12. The van der Waals surface area contributed by atoms with Gasteiger partial charge >= 0.3 is 0 Å². The van der Waals surface area contributed by atoms with Crippen molar-refractivity contribution in [3.8, 4) is 0 Å². The highest BCUT2D eigenvalue weighted by Gasteiger charge is 2.23. The Kier molecular flexibility index (Phi) is 5.32. The minimum absolute atomic E-state index is 0.0142. The first-order valence-electron chi connectivity index (χ1n) is 8.42. The minimum Gasteiger partial charge on any atom is -0.390 e. The lowest BCUT2D eigenvalue weighted by Crippen LogP contribution is -2.47. The van der Waals surface area contributed by atoms with Crippen LogP contribution in [0.1, 0.15) is 23.3 Å². The van der Waals surface area contributed by atoms with Crippen LogP contribution in [0.4, 0.5) is 0 Å². The molecule has 3 rings (SSSR count). The molecule has 0 saturated carbocycles.